The van der Waals surface area contributed by atoms with E-state index in [1.807, 2.05) is 18.2 Å². The number of amides is 2. The van der Waals surface area contributed by atoms with Crippen molar-refractivity contribution in [1.82, 2.24) is 5.01 Å². The minimum absolute atomic E-state index is 0.0341. The smallest absolute Gasteiger partial charge is 0.282 e. The van der Waals surface area contributed by atoms with Crippen LogP contribution in [0.3, 0.4) is 0 Å². The minimum Gasteiger partial charge on any atom is -0.507 e. The summed E-state index contributed by atoms with van der Waals surface area (Å²) in [5, 5.41) is 16.5. The van der Waals surface area contributed by atoms with Crippen molar-refractivity contribution < 1.29 is 14.7 Å². The number of carbonyl (C=O) groups excluding carboxylic acids is 2. The van der Waals surface area contributed by atoms with E-state index in [0.717, 1.165) is 42.0 Å². The van der Waals surface area contributed by atoms with Crippen LogP contribution in [0.5, 0.6) is 5.75 Å². The summed E-state index contributed by atoms with van der Waals surface area (Å²) in [7, 11) is 0. The normalized spacial score (nSPS) is 16.7. The summed E-state index contributed by atoms with van der Waals surface area (Å²) in [5.41, 5.74) is 2.44. The lowest BCUT2D eigenvalue weighted by molar-refractivity contribution is 0.0616. The Morgan fingerprint density at radius 3 is 2.33 bits per heavy atom. The fourth-order valence-corrected chi connectivity index (χ4v) is 4.30. The topological polar surface area (TPSA) is 73.2 Å². The number of piperidine rings is 1. The zero-order valence-corrected chi connectivity index (χ0v) is 16.4. The number of hydrazone groups is 1. The van der Waals surface area contributed by atoms with Gasteiger partial charge < -0.3 is 10.0 Å². The van der Waals surface area contributed by atoms with Crippen molar-refractivity contribution in [3.63, 3.8) is 0 Å². The Labute approximate surface area is 174 Å². The number of carbonyl (C=O) groups is 2. The summed E-state index contributed by atoms with van der Waals surface area (Å²) in [4.78, 5) is 28.6. The number of hydrogen-bond acceptors (Lipinski definition) is 5. The predicted molar refractivity (Wildman–Crippen MR) is 116 cm³/mol. The third kappa shape index (κ3) is 2.92. The van der Waals surface area contributed by atoms with Gasteiger partial charge in [0.05, 0.1) is 17.3 Å². The van der Waals surface area contributed by atoms with E-state index in [1.165, 1.54) is 18.7 Å². The maximum Gasteiger partial charge on any atom is 0.282 e. The molecule has 0 atom stereocenters. The second-order valence-corrected chi connectivity index (χ2v) is 7.63. The largest absolute Gasteiger partial charge is 0.507 e. The van der Waals surface area contributed by atoms with Crippen molar-refractivity contribution in [3.05, 3.63) is 71.3 Å². The molecule has 0 radical (unpaired) electrons. The minimum atomic E-state index is -0.458. The summed E-state index contributed by atoms with van der Waals surface area (Å²) >= 11 is 0. The molecule has 0 spiro atoms. The molecular formula is C24H21N3O3. The van der Waals surface area contributed by atoms with Gasteiger partial charge in [0, 0.05) is 35.1 Å². The van der Waals surface area contributed by atoms with Gasteiger partial charge in [-0.15, -0.1) is 0 Å². The van der Waals surface area contributed by atoms with Crippen LogP contribution in [-0.2, 0) is 0 Å². The van der Waals surface area contributed by atoms with E-state index in [0.29, 0.717) is 22.1 Å². The van der Waals surface area contributed by atoms with Crippen LogP contribution in [0.15, 0.2) is 59.7 Å². The molecule has 3 aromatic rings. The Balaban J connectivity index is 1.58. The molecule has 150 valence electrons. The van der Waals surface area contributed by atoms with E-state index in [9.17, 15) is 14.7 Å². The van der Waals surface area contributed by atoms with E-state index >= 15 is 0 Å². The van der Waals surface area contributed by atoms with Gasteiger partial charge in [-0.2, -0.15) is 10.1 Å². The van der Waals surface area contributed by atoms with E-state index in [-0.39, 0.29) is 5.75 Å². The van der Waals surface area contributed by atoms with Gasteiger partial charge in [0.25, 0.3) is 11.8 Å². The maximum atomic E-state index is 13.1. The van der Waals surface area contributed by atoms with Gasteiger partial charge in [-0.1, -0.05) is 24.3 Å². The van der Waals surface area contributed by atoms with Gasteiger partial charge in [-0.05, 0) is 49.6 Å². The Kier molecular flexibility index (Phi) is 4.47. The Morgan fingerprint density at radius 2 is 1.57 bits per heavy atom. The Bertz CT molecular complexity index is 1170. The highest BCUT2D eigenvalue weighted by Crippen LogP contribution is 2.37. The van der Waals surface area contributed by atoms with Crippen LogP contribution in [0.1, 0.15) is 45.5 Å². The zero-order valence-electron chi connectivity index (χ0n) is 16.4. The number of imide groups is 1. The molecule has 2 aliphatic heterocycles. The van der Waals surface area contributed by atoms with E-state index in [1.54, 1.807) is 30.3 Å². The molecule has 5 rings (SSSR count). The number of phenols is 1. The number of anilines is 1. The summed E-state index contributed by atoms with van der Waals surface area (Å²) in [6.45, 7) is 1.97. The highest BCUT2D eigenvalue weighted by atomic mass is 16.3. The van der Waals surface area contributed by atoms with Crippen molar-refractivity contribution >= 4 is 34.5 Å². The van der Waals surface area contributed by atoms with Crippen molar-refractivity contribution in [2.24, 2.45) is 5.10 Å². The van der Waals surface area contributed by atoms with E-state index in [2.05, 4.69) is 10.0 Å². The fourth-order valence-electron chi connectivity index (χ4n) is 4.30. The van der Waals surface area contributed by atoms with Crippen molar-refractivity contribution in [3.8, 4) is 5.75 Å². The molecule has 2 heterocycles. The van der Waals surface area contributed by atoms with Crippen molar-refractivity contribution in [1.29, 1.82) is 0 Å². The third-order valence-corrected chi connectivity index (χ3v) is 5.81. The van der Waals surface area contributed by atoms with Crippen LogP contribution < -0.4 is 4.90 Å². The lowest BCUT2D eigenvalue weighted by atomic mass is 9.93. The predicted octanol–water partition coefficient (Wildman–Crippen LogP) is 4.17. The lowest BCUT2D eigenvalue weighted by Crippen LogP contribution is -2.37. The fraction of sp³-hybridized carbons (Fsp3) is 0.208. The van der Waals surface area contributed by atoms with Gasteiger partial charge in [0.15, 0.2) is 0 Å². The first-order valence-corrected chi connectivity index (χ1v) is 10.2. The molecule has 6 heteroatoms. The number of nitrogens with zero attached hydrogens (tertiary/aromatic N) is 3. The second kappa shape index (κ2) is 7.30. The quantitative estimate of drug-likeness (QED) is 0.530. The molecule has 1 N–H and O–H groups in total. The first-order chi connectivity index (χ1) is 14.6. The van der Waals surface area contributed by atoms with Gasteiger partial charge in [-0.3, -0.25) is 9.59 Å². The molecular weight excluding hydrogens is 378 g/mol. The monoisotopic (exact) mass is 399 g/mol. The first-order valence-electron chi connectivity index (χ1n) is 10.2. The van der Waals surface area contributed by atoms with E-state index < -0.39 is 11.8 Å². The molecule has 1 saturated heterocycles. The number of para-hydroxylation sites is 1. The highest BCUT2D eigenvalue weighted by molar-refractivity contribution is 6.26. The molecule has 2 aliphatic rings. The average Bonchev–Trinajstić information content (AvgIpc) is 2.78. The van der Waals surface area contributed by atoms with Crippen LogP contribution in [0.25, 0.3) is 10.8 Å². The number of aromatic hydroxyl groups is 1. The molecule has 0 bridgehead atoms. The SMILES string of the molecule is O=C1c2cccc3c(N4CCCCC4)ccc(c23)C(=O)N1/N=C/c1ccccc1O. The highest BCUT2D eigenvalue weighted by Gasteiger charge is 2.34. The molecule has 1 fully saturated rings. The van der Waals surface area contributed by atoms with Crippen LogP contribution in [0, 0.1) is 0 Å². The first kappa shape index (κ1) is 18.4. The summed E-state index contributed by atoms with van der Waals surface area (Å²) in [5.74, 6) is -0.882. The van der Waals surface area contributed by atoms with Gasteiger partial charge in [0.2, 0.25) is 0 Å². The Hall–Kier alpha value is -3.67. The van der Waals surface area contributed by atoms with Gasteiger partial charge >= 0.3 is 0 Å². The summed E-state index contributed by atoms with van der Waals surface area (Å²) in [6.07, 6.45) is 4.86. The average molecular weight is 399 g/mol. The van der Waals surface area contributed by atoms with Gasteiger partial charge in [0.1, 0.15) is 5.75 Å². The lowest BCUT2D eigenvalue weighted by Gasteiger charge is -2.31. The summed E-state index contributed by atoms with van der Waals surface area (Å²) < 4.78 is 0. The standard InChI is InChI=1S/C24H21N3O3/c28-21-10-3-2-7-16(21)15-25-27-23(29)18-9-6-8-17-20(26-13-4-1-5-14-26)12-11-19(22(17)18)24(27)30/h2-3,6-12,15,28H,1,4-5,13-14H2/b25-15+. The molecule has 30 heavy (non-hydrogen) atoms. The zero-order chi connectivity index (χ0) is 20.7. The van der Waals surface area contributed by atoms with Crippen LogP contribution in [-0.4, -0.2) is 41.2 Å². The molecule has 0 unspecified atom stereocenters. The molecule has 6 nitrogen and oxygen atoms in total. The second-order valence-electron chi connectivity index (χ2n) is 7.63. The molecule has 0 saturated carbocycles. The number of rotatable bonds is 3. The van der Waals surface area contributed by atoms with Crippen molar-refractivity contribution in [2.45, 2.75) is 19.3 Å². The third-order valence-electron chi connectivity index (χ3n) is 5.81. The van der Waals surface area contributed by atoms with Crippen molar-refractivity contribution in [2.75, 3.05) is 18.0 Å². The van der Waals surface area contributed by atoms with Gasteiger partial charge in [-0.25, -0.2) is 0 Å². The molecule has 0 aliphatic carbocycles. The van der Waals surface area contributed by atoms with Crippen LogP contribution >= 0.6 is 0 Å². The molecule has 0 aromatic heterocycles. The maximum absolute atomic E-state index is 13.1. The number of benzene rings is 3. The molecule has 3 aromatic carbocycles. The number of hydrogen-bond donors (Lipinski definition) is 1. The Morgan fingerprint density at radius 1 is 0.833 bits per heavy atom. The van der Waals surface area contributed by atoms with E-state index in [4.69, 9.17) is 0 Å². The number of phenolic OH excluding ortho intramolecular Hbond substituents is 1. The van der Waals surface area contributed by atoms with Crippen LogP contribution in [0.2, 0.25) is 0 Å². The van der Waals surface area contributed by atoms with Crippen LogP contribution in [0.4, 0.5) is 5.69 Å². The molecule has 2 amide bonds. The summed E-state index contributed by atoms with van der Waals surface area (Å²) in [6, 6.07) is 16.0.